The third kappa shape index (κ3) is 6.20. The first-order valence-corrected chi connectivity index (χ1v) is 8.37. The van der Waals surface area contributed by atoms with Crippen LogP contribution in [0.15, 0.2) is 24.3 Å². The molecule has 0 saturated heterocycles. The van der Waals surface area contributed by atoms with Crippen molar-refractivity contribution in [2.45, 2.75) is 33.0 Å². The van der Waals surface area contributed by atoms with Crippen LogP contribution < -0.4 is 5.32 Å². The lowest BCUT2D eigenvalue weighted by molar-refractivity contribution is -0.145. The Morgan fingerprint density at radius 1 is 1.19 bits per heavy atom. The molecule has 0 aliphatic rings. The minimum atomic E-state index is -0.142. The van der Waals surface area contributed by atoms with Crippen molar-refractivity contribution in [1.29, 1.82) is 0 Å². The van der Waals surface area contributed by atoms with Crippen molar-refractivity contribution in [2.75, 3.05) is 27.2 Å². The van der Waals surface area contributed by atoms with Crippen LogP contribution in [0.2, 0.25) is 0 Å². The van der Waals surface area contributed by atoms with Gasteiger partial charge < -0.3 is 14.2 Å². The number of benzene rings is 1. The van der Waals surface area contributed by atoms with E-state index in [0.29, 0.717) is 12.6 Å². The third-order valence-corrected chi connectivity index (χ3v) is 4.14. The number of hydrogen-bond acceptors (Lipinski definition) is 4. The fourth-order valence-electron chi connectivity index (χ4n) is 2.10. The Kier molecular flexibility index (Phi) is 9.42. The molecule has 2 atom stereocenters. The molecular weight excluding hydrogens is 381 g/mol. The van der Waals surface area contributed by atoms with Gasteiger partial charge in [-0.25, -0.2) is 0 Å². The molecule has 1 N–H and O–H groups in total. The summed E-state index contributed by atoms with van der Waals surface area (Å²) in [6.45, 7) is 8.02. The largest absolute Gasteiger partial charge is 0.360 e. The molecule has 0 aromatic heterocycles. The first-order valence-electron chi connectivity index (χ1n) is 7.29. The Bertz CT molecular complexity index is 401. The van der Waals surface area contributed by atoms with E-state index in [0.717, 1.165) is 12.1 Å². The van der Waals surface area contributed by atoms with Crippen molar-refractivity contribution >= 4 is 22.6 Å². The van der Waals surface area contributed by atoms with Crippen molar-refractivity contribution in [3.8, 4) is 0 Å². The molecular formula is C16H26INO3. The summed E-state index contributed by atoms with van der Waals surface area (Å²) in [7, 11) is 1.64. The monoisotopic (exact) mass is 407 g/mol. The van der Waals surface area contributed by atoms with Gasteiger partial charge in [0.25, 0.3) is 0 Å². The number of ether oxygens (including phenoxy) is 3. The lowest BCUT2D eigenvalue weighted by atomic mass is 9.96. The topological polar surface area (TPSA) is 39.7 Å². The van der Waals surface area contributed by atoms with E-state index in [2.05, 4.69) is 60.8 Å². The Labute approximate surface area is 141 Å². The zero-order valence-corrected chi connectivity index (χ0v) is 15.4. The molecule has 0 fully saturated rings. The molecule has 0 unspecified atom stereocenters. The van der Waals surface area contributed by atoms with Crippen LogP contribution in [0.4, 0.5) is 0 Å². The third-order valence-electron chi connectivity index (χ3n) is 3.16. The summed E-state index contributed by atoms with van der Waals surface area (Å²) in [6.07, 6.45) is -0.174. The first-order chi connectivity index (χ1) is 10.1. The second kappa shape index (κ2) is 10.5. The summed E-state index contributed by atoms with van der Waals surface area (Å²) >= 11 is 2.34. The molecule has 0 aliphatic carbocycles. The average Bonchev–Trinajstić information content (AvgIpc) is 2.47. The molecule has 0 aliphatic heterocycles. The summed E-state index contributed by atoms with van der Waals surface area (Å²) in [6, 6.07) is 8.24. The second-order valence-corrected chi connectivity index (χ2v) is 6.30. The Hall–Kier alpha value is -0.210. The van der Waals surface area contributed by atoms with E-state index in [-0.39, 0.29) is 19.0 Å². The number of hydrogen-bond donors (Lipinski definition) is 1. The van der Waals surface area contributed by atoms with Gasteiger partial charge in [-0.2, -0.15) is 0 Å². The van der Waals surface area contributed by atoms with Crippen molar-refractivity contribution in [3.63, 3.8) is 0 Å². The first kappa shape index (κ1) is 18.8. The lowest BCUT2D eigenvalue weighted by Gasteiger charge is -2.31. The second-order valence-electron chi connectivity index (χ2n) is 5.14. The molecule has 1 rings (SSSR count). The van der Waals surface area contributed by atoms with Gasteiger partial charge in [0, 0.05) is 10.7 Å². The Morgan fingerprint density at radius 2 is 1.90 bits per heavy atom. The van der Waals surface area contributed by atoms with E-state index in [9.17, 15) is 0 Å². The Morgan fingerprint density at radius 3 is 2.48 bits per heavy atom. The maximum Gasteiger partial charge on any atom is 0.147 e. The van der Waals surface area contributed by atoms with E-state index in [1.54, 1.807) is 7.11 Å². The Balaban J connectivity index is 2.94. The van der Waals surface area contributed by atoms with E-state index in [1.807, 2.05) is 12.1 Å². The van der Waals surface area contributed by atoms with Crippen LogP contribution in [-0.2, 0) is 14.2 Å². The predicted molar refractivity (Wildman–Crippen MR) is 93.1 cm³/mol. The highest BCUT2D eigenvalue weighted by Crippen LogP contribution is 2.31. The molecule has 0 amide bonds. The van der Waals surface area contributed by atoms with Crippen molar-refractivity contribution in [1.82, 2.24) is 5.32 Å². The van der Waals surface area contributed by atoms with Gasteiger partial charge in [0.15, 0.2) is 0 Å². The van der Waals surface area contributed by atoms with E-state index in [4.69, 9.17) is 14.2 Å². The van der Waals surface area contributed by atoms with Gasteiger partial charge in [-0.15, -0.1) is 0 Å². The van der Waals surface area contributed by atoms with Crippen molar-refractivity contribution in [3.05, 3.63) is 33.4 Å². The maximum atomic E-state index is 6.02. The predicted octanol–water partition coefficient (Wildman–Crippen LogP) is 3.56. The van der Waals surface area contributed by atoms with Gasteiger partial charge in [-0.1, -0.05) is 39.0 Å². The molecule has 21 heavy (non-hydrogen) atoms. The standard InChI is InChI=1S/C16H26INO3/c1-5-18-10-20-15(12(2)3)16(21-11-19-4)13-8-6-7-9-14(13)17/h6-9,12,15-16,18H,5,10-11H2,1-4H3/t15-,16-/m0/s1. The summed E-state index contributed by atoms with van der Waals surface area (Å²) in [5, 5.41) is 3.20. The van der Waals surface area contributed by atoms with Crippen LogP contribution in [0.3, 0.4) is 0 Å². The summed E-state index contributed by atoms with van der Waals surface area (Å²) in [5.74, 6) is 0.335. The molecule has 120 valence electrons. The molecule has 5 heteroatoms. The summed E-state index contributed by atoms with van der Waals surface area (Å²) in [5.41, 5.74) is 1.14. The van der Waals surface area contributed by atoms with Gasteiger partial charge >= 0.3 is 0 Å². The van der Waals surface area contributed by atoms with Crippen molar-refractivity contribution < 1.29 is 14.2 Å². The molecule has 0 bridgehead atoms. The smallest absolute Gasteiger partial charge is 0.147 e. The molecule has 4 nitrogen and oxygen atoms in total. The molecule has 0 radical (unpaired) electrons. The maximum absolute atomic E-state index is 6.02. The van der Waals surface area contributed by atoms with Gasteiger partial charge in [-0.3, -0.25) is 5.32 Å². The zero-order chi connectivity index (χ0) is 15.7. The highest BCUT2D eigenvalue weighted by atomic mass is 127. The van der Waals surface area contributed by atoms with Gasteiger partial charge in [-0.05, 0) is 46.7 Å². The highest BCUT2D eigenvalue weighted by Gasteiger charge is 2.29. The quantitative estimate of drug-likeness (QED) is 0.366. The normalized spacial score (nSPS) is 14.4. The average molecular weight is 407 g/mol. The molecule has 1 aromatic rings. The molecule has 0 spiro atoms. The number of methoxy groups -OCH3 is 1. The fourth-order valence-corrected chi connectivity index (χ4v) is 2.79. The zero-order valence-electron chi connectivity index (χ0n) is 13.3. The van der Waals surface area contributed by atoms with E-state index in [1.165, 1.54) is 3.57 Å². The van der Waals surface area contributed by atoms with Crippen LogP contribution in [0, 0.1) is 9.49 Å². The number of halogens is 1. The van der Waals surface area contributed by atoms with E-state index < -0.39 is 0 Å². The van der Waals surface area contributed by atoms with Crippen LogP contribution in [0.5, 0.6) is 0 Å². The minimum absolute atomic E-state index is 0.0323. The minimum Gasteiger partial charge on any atom is -0.360 e. The van der Waals surface area contributed by atoms with Gasteiger partial charge in [0.2, 0.25) is 0 Å². The number of rotatable bonds is 10. The van der Waals surface area contributed by atoms with Crippen LogP contribution in [-0.4, -0.2) is 33.3 Å². The summed E-state index contributed by atoms with van der Waals surface area (Å²) < 4.78 is 18.2. The van der Waals surface area contributed by atoms with Crippen LogP contribution in [0.25, 0.3) is 0 Å². The summed E-state index contributed by atoms with van der Waals surface area (Å²) in [4.78, 5) is 0. The van der Waals surface area contributed by atoms with Crippen LogP contribution in [0.1, 0.15) is 32.4 Å². The molecule has 0 heterocycles. The van der Waals surface area contributed by atoms with E-state index >= 15 is 0 Å². The molecule has 1 aromatic carbocycles. The fraction of sp³-hybridized carbons (Fsp3) is 0.625. The van der Waals surface area contributed by atoms with Crippen LogP contribution >= 0.6 is 22.6 Å². The highest BCUT2D eigenvalue weighted by molar-refractivity contribution is 14.1. The van der Waals surface area contributed by atoms with Gasteiger partial charge in [0.1, 0.15) is 12.9 Å². The molecule has 0 saturated carbocycles. The number of nitrogens with one attached hydrogen (secondary N) is 1. The lowest BCUT2D eigenvalue weighted by Crippen LogP contribution is -2.34. The van der Waals surface area contributed by atoms with Crippen molar-refractivity contribution in [2.24, 2.45) is 5.92 Å². The SMILES string of the molecule is CCNCO[C@@H](C(C)C)[C@@H](OCOC)c1ccccc1I. The van der Waals surface area contributed by atoms with Gasteiger partial charge in [0.05, 0.1) is 12.8 Å².